The molecule has 0 atom stereocenters. The molecule has 2 aromatic heterocycles. The second kappa shape index (κ2) is 4.47. The molecule has 0 aliphatic carbocycles. The molecule has 0 radical (unpaired) electrons. The second-order valence-electron chi connectivity index (χ2n) is 4.07. The molecule has 16 heavy (non-hydrogen) atoms. The quantitative estimate of drug-likeness (QED) is 0.856. The van der Waals surface area contributed by atoms with Gasteiger partial charge in [0, 0.05) is 12.6 Å². The maximum Gasteiger partial charge on any atom is 0.163 e. The average Bonchev–Trinajstić information content (AvgIpc) is 2.70. The van der Waals surface area contributed by atoms with Crippen LogP contribution in [-0.2, 0) is 0 Å². The minimum Gasteiger partial charge on any atom is -0.369 e. The van der Waals surface area contributed by atoms with Crippen LogP contribution in [0, 0.1) is 0 Å². The number of anilines is 1. The average molecular weight is 219 g/mol. The van der Waals surface area contributed by atoms with Crippen molar-refractivity contribution >= 4 is 16.9 Å². The fourth-order valence-corrected chi connectivity index (χ4v) is 1.62. The number of rotatable bonds is 4. The predicted octanol–water partition coefficient (Wildman–Crippen LogP) is 2.23. The maximum absolute atomic E-state index is 4.34. The molecule has 5 nitrogen and oxygen atoms in total. The van der Waals surface area contributed by atoms with Crippen LogP contribution in [0.2, 0.25) is 0 Å². The van der Waals surface area contributed by atoms with E-state index >= 15 is 0 Å². The lowest BCUT2D eigenvalue weighted by molar-refractivity contribution is 0.546. The summed E-state index contributed by atoms with van der Waals surface area (Å²) in [4.78, 5) is 8.52. The van der Waals surface area contributed by atoms with Crippen molar-refractivity contribution in [1.29, 1.82) is 0 Å². The van der Waals surface area contributed by atoms with Crippen LogP contribution in [0.3, 0.4) is 0 Å². The van der Waals surface area contributed by atoms with Crippen LogP contribution in [0.25, 0.3) is 11.0 Å². The van der Waals surface area contributed by atoms with Gasteiger partial charge in [0.05, 0.1) is 11.6 Å². The summed E-state index contributed by atoms with van der Waals surface area (Å²) in [6, 6.07) is 0.312. The first-order valence-electron chi connectivity index (χ1n) is 5.66. The Morgan fingerprint density at radius 2 is 2.19 bits per heavy atom. The highest BCUT2D eigenvalue weighted by atomic mass is 15.3. The Hall–Kier alpha value is -1.65. The van der Waals surface area contributed by atoms with Gasteiger partial charge in [-0.1, -0.05) is 6.92 Å². The molecule has 1 N–H and O–H groups in total. The van der Waals surface area contributed by atoms with Gasteiger partial charge in [-0.25, -0.2) is 14.6 Å². The van der Waals surface area contributed by atoms with E-state index in [0.29, 0.717) is 6.04 Å². The van der Waals surface area contributed by atoms with Crippen molar-refractivity contribution in [3.8, 4) is 0 Å². The van der Waals surface area contributed by atoms with Gasteiger partial charge >= 0.3 is 0 Å². The standard InChI is InChI=1S/C11H17N5/c1-4-5-12-10-9-6-15-16(8(2)3)11(9)14-7-13-10/h6-8H,4-5H2,1-3H3,(H,12,13,14). The molecule has 0 bridgehead atoms. The third kappa shape index (κ3) is 1.85. The van der Waals surface area contributed by atoms with Crippen molar-refractivity contribution in [1.82, 2.24) is 19.7 Å². The van der Waals surface area contributed by atoms with Crippen molar-refractivity contribution in [2.24, 2.45) is 0 Å². The van der Waals surface area contributed by atoms with E-state index in [1.165, 1.54) is 0 Å². The fourth-order valence-electron chi connectivity index (χ4n) is 1.62. The lowest BCUT2D eigenvalue weighted by Crippen LogP contribution is -2.05. The van der Waals surface area contributed by atoms with Gasteiger partial charge < -0.3 is 5.32 Å². The summed E-state index contributed by atoms with van der Waals surface area (Å²) in [5.74, 6) is 0.874. The third-order valence-corrected chi connectivity index (χ3v) is 2.42. The number of hydrogen-bond donors (Lipinski definition) is 1. The lowest BCUT2D eigenvalue weighted by atomic mass is 10.3. The van der Waals surface area contributed by atoms with Gasteiger partial charge in [-0.2, -0.15) is 5.10 Å². The summed E-state index contributed by atoms with van der Waals surface area (Å²) < 4.78 is 1.91. The topological polar surface area (TPSA) is 55.6 Å². The Kier molecular flexibility index (Phi) is 3.03. The molecule has 0 unspecified atom stereocenters. The van der Waals surface area contributed by atoms with Crippen molar-refractivity contribution in [2.75, 3.05) is 11.9 Å². The molecule has 2 heterocycles. The van der Waals surface area contributed by atoms with E-state index in [-0.39, 0.29) is 0 Å². The summed E-state index contributed by atoms with van der Waals surface area (Å²) in [5, 5.41) is 8.61. The SMILES string of the molecule is CCCNc1ncnc2c1cnn2C(C)C. The van der Waals surface area contributed by atoms with Crippen LogP contribution in [-0.4, -0.2) is 26.3 Å². The molecule has 0 aromatic carbocycles. The predicted molar refractivity (Wildman–Crippen MR) is 64.5 cm³/mol. The minimum atomic E-state index is 0.312. The van der Waals surface area contributed by atoms with E-state index < -0.39 is 0 Å². The van der Waals surface area contributed by atoms with Crippen LogP contribution >= 0.6 is 0 Å². The first-order valence-corrected chi connectivity index (χ1v) is 5.66. The maximum atomic E-state index is 4.34. The number of nitrogens with zero attached hydrogens (tertiary/aromatic N) is 4. The minimum absolute atomic E-state index is 0.312. The lowest BCUT2D eigenvalue weighted by Gasteiger charge is -2.07. The highest BCUT2D eigenvalue weighted by molar-refractivity contribution is 5.86. The van der Waals surface area contributed by atoms with Crippen molar-refractivity contribution in [3.05, 3.63) is 12.5 Å². The monoisotopic (exact) mass is 219 g/mol. The fraction of sp³-hybridized carbons (Fsp3) is 0.545. The summed E-state index contributed by atoms with van der Waals surface area (Å²) in [6.45, 7) is 7.23. The summed E-state index contributed by atoms with van der Waals surface area (Å²) in [7, 11) is 0. The summed E-state index contributed by atoms with van der Waals surface area (Å²) >= 11 is 0. The normalized spacial score (nSPS) is 11.2. The Bertz CT molecular complexity index is 474. The van der Waals surface area contributed by atoms with Gasteiger partial charge in [-0.3, -0.25) is 0 Å². The van der Waals surface area contributed by atoms with E-state index in [2.05, 4.69) is 41.2 Å². The van der Waals surface area contributed by atoms with Gasteiger partial charge in [0.1, 0.15) is 12.1 Å². The van der Waals surface area contributed by atoms with Crippen LogP contribution in [0.5, 0.6) is 0 Å². The van der Waals surface area contributed by atoms with Crippen molar-refractivity contribution in [3.63, 3.8) is 0 Å². The van der Waals surface area contributed by atoms with Gasteiger partial charge in [-0.05, 0) is 20.3 Å². The molecule has 0 aliphatic rings. The summed E-state index contributed by atoms with van der Waals surface area (Å²) in [6.07, 6.45) is 4.48. The molecule has 5 heteroatoms. The zero-order valence-electron chi connectivity index (χ0n) is 9.94. The van der Waals surface area contributed by atoms with E-state index in [0.717, 1.165) is 29.8 Å². The zero-order chi connectivity index (χ0) is 11.5. The Morgan fingerprint density at radius 1 is 1.38 bits per heavy atom. The molecule has 86 valence electrons. The largest absolute Gasteiger partial charge is 0.369 e. The number of aromatic nitrogens is 4. The summed E-state index contributed by atoms with van der Waals surface area (Å²) in [5.41, 5.74) is 0.892. The van der Waals surface area contributed by atoms with Gasteiger partial charge in [-0.15, -0.1) is 0 Å². The smallest absolute Gasteiger partial charge is 0.163 e. The third-order valence-electron chi connectivity index (χ3n) is 2.42. The second-order valence-corrected chi connectivity index (χ2v) is 4.07. The van der Waals surface area contributed by atoms with E-state index in [1.54, 1.807) is 6.33 Å². The Morgan fingerprint density at radius 3 is 2.88 bits per heavy atom. The molecular weight excluding hydrogens is 202 g/mol. The van der Waals surface area contributed by atoms with Crippen LogP contribution < -0.4 is 5.32 Å². The Balaban J connectivity index is 2.45. The molecule has 0 saturated carbocycles. The van der Waals surface area contributed by atoms with E-state index in [9.17, 15) is 0 Å². The Labute approximate surface area is 94.9 Å². The molecule has 0 aliphatic heterocycles. The highest BCUT2D eigenvalue weighted by Gasteiger charge is 2.10. The van der Waals surface area contributed by atoms with Crippen molar-refractivity contribution < 1.29 is 0 Å². The molecule has 0 spiro atoms. The van der Waals surface area contributed by atoms with Crippen LogP contribution in [0.1, 0.15) is 33.2 Å². The van der Waals surface area contributed by atoms with E-state index in [1.807, 2.05) is 10.9 Å². The van der Waals surface area contributed by atoms with Gasteiger partial charge in [0.15, 0.2) is 5.65 Å². The van der Waals surface area contributed by atoms with Crippen LogP contribution in [0.15, 0.2) is 12.5 Å². The molecule has 0 fully saturated rings. The number of hydrogen-bond acceptors (Lipinski definition) is 4. The first-order chi connectivity index (χ1) is 7.74. The first kappa shape index (κ1) is 10.9. The van der Waals surface area contributed by atoms with Gasteiger partial charge in [0.2, 0.25) is 0 Å². The van der Waals surface area contributed by atoms with Crippen molar-refractivity contribution in [2.45, 2.75) is 33.2 Å². The highest BCUT2D eigenvalue weighted by Crippen LogP contribution is 2.20. The zero-order valence-corrected chi connectivity index (χ0v) is 9.94. The van der Waals surface area contributed by atoms with Crippen LogP contribution in [0.4, 0.5) is 5.82 Å². The molecule has 0 saturated heterocycles. The molecule has 0 amide bonds. The number of nitrogens with one attached hydrogen (secondary N) is 1. The molecule has 2 rings (SSSR count). The molecular formula is C11H17N5. The van der Waals surface area contributed by atoms with Gasteiger partial charge in [0.25, 0.3) is 0 Å². The number of fused-ring (bicyclic) bond motifs is 1. The van der Waals surface area contributed by atoms with E-state index in [4.69, 9.17) is 0 Å². The molecule has 2 aromatic rings.